The molecule has 8 heteroatoms. The smallest absolute Gasteiger partial charge is 0.240 e. The number of carbonyl (C=O) groups is 1. The van der Waals surface area contributed by atoms with Crippen LogP contribution in [-0.4, -0.2) is 47.5 Å². The predicted molar refractivity (Wildman–Crippen MR) is 103 cm³/mol. The van der Waals surface area contributed by atoms with E-state index in [1.54, 1.807) is 11.7 Å². The van der Waals surface area contributed by atoms with E-state index in [0.717, 1.165) is 24.3 Å². The molecule has 0 unspecified atom stereocenters. The van der Waals surface area contributed by atoms with Crippen LogP contribution < -0.4 is 10.1 Å². The highest BCUT2D eigenvalue weighted by molar-refractivity contribution is 7.71. The number of benzene rings is 1. The van der Waals surface area contributed by atoms with Crippen molar-refractivity contribution in [3.8, 4) is 17.1 Å². The first-order valence-electron chi connectivity index (χ1n) is 8.65. The second-order valence-corrected chi connectivity index (χ2v) is 6.73. The number of H-pyrrole nitrogens is 1. The van der Waals surface area contributed by atoms with Gasteiger partial charge in [0.05, 0.1) is 7.11 Å². The Labute approximate surface area is 158 Å². The summed E-state index contributed by atoms with van der Waals surface area (Å²) in [5, 5.41) is 9.87. The zero-order valence-corrected chi connectivity index (χ0v) is 16.3. The molecule has 1 amide bonds. The number of nitrogens with zero attached hydrogens (tertiary/aromatic N) is 2. The normalized spacial score (nSPS) is 10.9. The summed E-state index contributed by atoms with van der Waals surface area (Å²) in [6.45, 7) is 6.28. The number of aromatic amines is 1. The molecular formula is C18H26N4O3S. The fourth-order valence-corrected chi connectivity index (χ4v) is 2.54. The SMILES string of the molecule is COc1ccc(-c2n[nH]c(=S)n2CC(=O)NCCCOCC(C)C)cc1. The maximum Gasteiger partial charge on any atom is 0.240 e. The minimum absolute atomic E-state index is 0.110. The maximum atomic E-state index is 12.2. The van der Waals surface area contributed by atoms with E-state index >= 15 is 0 Å². The predicted octanol–water partition coefficient (Wildman–Crippen LogP) is 2.80. The van der Waals surface area contributed by atoms with Crippen LogP contribution >= 0.6 is 12.2 Å². The molecule has 2 aromatic rings. The van der Waals surface area contributed by atoms with Gasteiger partial charge in [-0.25, -0.2) is 0 Å². The van der Waals surface area contributed by atoms with Crippen LogP contribution in [0.15, 0.2) is 24.3 Å². The fraction of sp³-hybridized carbons (Fsp3) is 0.500. The summed E-state index contributed by atoms with van der Waals surface area (Å²) in [7, 11) is 1.61. The van der Waals surface area contributed by atoms with E-state index in [-0.39, 0.29) is 12.5 Å². The van der Waals surface area contributed by atoms with Gasteiger partial charge in [-0.15, -0.1) is 0 Å². The highest BCUT2D eigenvalue weighted by Crippen LogP contribution is 2.20. The molecule has 1 aromatic carbocycles. The Morgan fingerprint density at radius 3 is 2.73 bits per heavy atom. The van der Waals surface area contributed by atoms with Crippen LogP contribution in [0.25, 0.3) is 11.4 Å². The van der Waals surface area contributed by atoms with Gasteiger partial charge in [0, 0.05) is 25.3 Å². The third kappa shape index (κ3) is 5.96. The van der Waals surface area contributed by atoms with Gasteiger partial charge in [-0.1, -0.05) is 13.8 Å². The van der Waals surface area contributed by atoms with Gasteiger partial charge in [0.15, 0.2) is 10.6 Å². The van der Waals surface area contributed by atoms with Crippen molar-refractivity contribution in [2.24, 2.45) is 5.92 Å². The average molecular weight is 378 g/mol. The van der Waals surface area contributed by atoms with E-state index in [1.807, 2.05) is 24.3 Å². The second-order valence-electron chi connectivity index (χ2n) is 6.34. The lowest BCUT2D eigenvalue weighted by Gasteiger charge is -2.09. The molecule has 0 aliphatic heterocycles. The highest BCUT2D eigenvalue weighted by Gasteiger charge is 2.12. The molecule has 0 aliphatic rings. The molecule has 0 fully saturated rings. The first kappa shape index (κ1) is 20.1. The number of ether oxygens (including phenoxy) is 2. The summed E-state index contributed by atoms with van der Waals surface area (Å²) < 4.78 is 12.8. The van der Waals surface area contributed by atoms with Crippen LogP contribution in [0, 0.1) is 10.7 Å². The topological polar surface area (TPSA) is 81.2 Å². The van der Waals surface area contributed by atoms with E-state index in [1.165, 1.54) is 0 Å². The van der Waals surface area contributed by atoms with Gasteiger partial charge in [0.25, 0.3) is 0 Å². The van der Waals surface area contributed by atoms with Gasteiger partial charge >= 0.3 is 0 Å². The van der Waals surface area contributed by atoms with E-state index in [0.29, 0.717) is 29.7 Å². The monoisotopic (exact) mass is 378 g/mol. The quantitative estimate of drug-likeness (QED) is 0.491. The summed E-state index contributed by atoms with van der Waals surface area (Å²) in [5.74, 6) is 1.78. The van der Waals surface area contributed by atoms with E-state index in [9.17, 15) is 4.79 Å². The Morgan fingerprint density at radius 2 is 2.08 bits per heavy atom. The molecule has 0 spiro atoms. The summed E-state index contributed by atoms with van der Waals surface area (Å²) in [6, 6.07) is 7.44. The van der Waals surface area contributed by atoms with Crippen molar-refractivity contribution in [2.75, 3.05) is 26.9 Å². The van der Waals surface area contributed by atoms with E-state index in [2.05, 4.69) is 29.4 Å². The summed E-state index contributed by atoms with van der Waals surface area (Å²) in [5.41, 5.74) is 0.855. The van der Waals surface area contributed by atoms with Gasteiger partial charge in [0.2, 0.25) is 5.91 Å². The van der Waals surface area contributed by atoms with Gasteiger partial charge < -0.3 is 14.8 Å². The van der Waals surface area contributed by atoms with Gasteiger partial charge in [0.1, 0.15) is 12.3 Å². The number of carbonyl (C=O) groups excluding carboxylic acids is 1. The largest absolute Gasteiger partial charge is 0.497 e. The number of nitrogens with one attached hydrogen (secondary N) is 2. The molecule has 2 N–H and O–H groups in total. The molecule has 0 atom stereocenters. The molecule has 0 aliphatic carbocycles. The van der Waals surface area contributed by atoms with Crippen LogP contribution in [0.4, 0.5) is 0 Å². The van der Waals surface area contributed by atoms with Crippen LogP contribution in [0.3, 0.4) is 0 Å². The number of amides is 1. The Bertz CT molecular complexity index is 753. The number of hydrogen-bond donors (Lipinski definition) is 2. The lowest BCUT2D eigenvalue weighted by atomic mass is 10.2. The standard InChI is InChI=1S/C18H26N4O3S/c1-13(2)12-25-10-4-9-19-16(23)11-22-17(20-21-18(22)26)14-5-7-15(24-3)8-6-14/h5-8,13H,4,9-12H2,1-3H3,(H,19,23)(H,21,26). The Hall–Kier alpha value is -2.19. The first-order valence-corrected chi connectivity index (χ1v) is 9.06. The summed E-state index contributed by atoms with van der Waals surface area (Å²) in [6.07, 6.45) is 0.778. The lowest BCUT2D eigenvalue weighted by molar-refractivity contribution is -0.121. The van der Waals surface area contributed by atoms with Crippen LogP contribution in [0.1, 0.15) is 20.3 Å². The fourth-order valence-electron chi connectivity index (χ4n) is 2.35. The van der Waals surface area contributed by atoms with E-state index in [4.69, 9.17) is 21.7 Å². The number of methoxy groups -OCH3 is 1. The summed E-state index contributed by atoms with van der Waals surface area (Å²) in [4.78, 5) is 12.2. The molecule has 0 radical (unpaired) electrons. The maximum absolute atomic E-state index is 12.2. The Morgan fingerprint density at radius 1 is 1.35 bits per heavy atom. The molecule has 2 rings (SSSR count). The van der Waals surface area contributed by atoms with Crippen molar-refractivity contribution in [3.63, 3.8) is 0 Å². The third-order valence-corrected chi connectivity index (χ3v) is 3.96. The van der Waals surface area contributed by atoms with Gasteiger partial charge in [-0.05, 0) is 48.8 Å². The highest BCUT2D eigenvalue weighted by atomic mass is 32.1. The molecule has 0 bridgehead atoms. The number of rotatable bonds is 10. The van der Waals surface area contributed by atoms with Gasteiger partial charge in [-0.2, -0.15) is 5.10 Å². The average Bonchev–Trinajstić information content (AvgIpc) is 2.98. The van der Waals surface area contributed by atoms with E-state index < -0.39 is 0 Å². The zero-order chi connectivity index (χ0) is 18.9. The lowest BCUT2D eigenvalue weighted by Crippen LogP contribution is -2.29. The van der Waals surface area contributed by atoms with Crippen molar-refractivity contribution < 1.29 is 14.3 Å². The Kier molecular flexibility index (Phi) is 7.80. The van der Waals surface area contributed by atoms with Crippen molar-refractivity contribution in [3.05, 3.63) is 29.0 Å². The molecule has 1 aromatic heterocycles. The molecule has 1 heterocycles. The van der Waals surface area contributed by atoms with Gasteiger partial charge in [-0.3, -0.25) is 14.5 Å². The molecular weight excluding hydrogens is 352 g/mol. The van der Waals surface area contributed by atoms with Crippen molar-refractivity contribution in [1.82, 2.24) is 20.1 Å². The zero-order valence-electron chi connectivity index (χ0n) is 15.4. The molecule has 26 heavy (non-hydrogen) atoms. The molecule has 7 nitrogen and oxygen atoms in total. The summed E-state index contributed by atoms with van der Waals surface area (Å²) >= 11 is 5.25. The van der Waals surface area contributed by atoms with Crippen molar-refractivity contribution >= 4 is 18.1 Å². The number of hydrogen-bond acceptors (Lipinski definition) is 5. The Balaban J connectivity index is 1.89. The molecule has 0 saturated carbocycles. The van der Waals surface area contributed by atoms with Crippen molar-refractivity contribution in [2.45, 2.75) is 26.8 Å². The second kappa shape index (κ2) is 10.1. The van der Waals surface area contributed by atoms with Crippen molar-refractivity contribution in [1.29, 1.82) is 0 Å². The molecule has 0 saturated heterocycles. The van der Waals surface area contributed by atoms with Crippen LogP contribution in [0.5, 0.6) is 5.75 Å². The number of aromatic nitrogens is 3. The first-order chi connectivity index (χ1) is 12.5. The van der Waals surface area contributed by atoms with Crippen LogP contribution in [0.2, 0.25) is 0 Å². The third-order valence-electron chi connectivity index (χ3n) is 3.65. The minimum atomic E-state index is -0.110. The minimum Gasteiger partial charge on any atom is -0.497 e. The molecule has 142 valence electrons. The van der Waals surface area contributed by atoms with Crippen LogP contribution in [-0.2, 0) is 16.1 Å².